The molecule has 90 valence electrons. The van der Waals surface area contributed by atoms with Crippen LogP contribution in [-0.2, 0) is 4.74 Å². The third-order valence-electron chi connectivity index (χ3n) is 3.24. The maximum atomic E-state index is 5.69. The molecule has 0 spiro atoms. The van der Waals surface area contributed by atoms with Crippen LogP contribution in [0.15, 0.2) is 0 Å². The van der Waals surface area contributed by atoms with Crippen molar-refractivity contribution in [2.24, 2.45) is 11.7 Å². The summed E-state index contributed by atoms with van der Waals surface area (Å²) in [7, 11) is 0. The molecule has 0 aliphatic carbocycles. The maximum absolute atomic E-state index is 5.69. The molecule has 0 amide bonds. The van der Waals surface area contributed by atoms with Crippen LogP contribution in [0.4, 0.5) is 0 Å². The molecule has 0 aromatic heterocycles. The Bertz CT molecular complexity index is 164. The summed E-state index contributed by atoms with van der Waals surface area (Å²) in [5.41, 5.74) is 5.69. The van der Waals surface area contributed by atoms with Gasteiger partial charge in [0.25, 0.3) is 0 Å². The van der Waals surface area contributed by atoms with Gasteiger partial charge >= 0.3 is 0 Å². The summed E-state index contributed by atoms with van der Waals surface area (Å²) in [6.07, 6.45) is 4.25. The second-order valence-corrected chi connectivity index (χ2v) is 4.65. The van der Waals surface area contributed by atoms with Gasteiger partial charge in [-0.15, -0.1) is 0 Å². The van der Waals surface area contributed by atoms with Gasteiger partial charge in [0, 0.05) is 19.7 Å². The third kappa shape index (κ3) is 4.96. The van der Waals surface area contributed by atoms with Crippen LogP contribution in [0.5, 0.6) is 0 Å². The Morgan fingerprint density at radius 2 is 2.20 bits per heavy atom. The first kappa shape index (κ1) is 12.9. The van der Waals surface area contributed by atoms with Crippen molar-refractivity contribution in [1.82, 2.24) is 4.90 Å². The quantitative estimate of drug-likeness (QED) is 0.753. The zero-order valence-electron chi connectivity index (χ0n) is 10.2. The van der Waals surface area contributed by atoms with Gasteiger partial charge in [-0.2, -0.15) is 0 Å². The standard InChI is InChI=1S/C12H26N2O/c1-3-15-12(9-13)10-14-7-4-5-11(2)6-8-14/h11-12H,3-10,13H2,1-2H3. The average molecular weight is 214 g/mol. The Kier molecular flexibility index (Phi) is 6.22. The molecule has 3 nitrogen and oxygen atoms in total. The van der Waals surface area contributed by atoms with Crippen molar-refractivity contribution in [2.45, 2.75) is 39.2 Å². The highest BCUT2D eigenvalue weighted by Crippen LogP contribution is 2.16. The van der Waals surface area contributed by atoms with Crippen LogP contribution in [0.1, 0.15) is 33.1 Å². The summed E-state index contributed by atoms with van der Waals surface area (Å²) >= 11 is 0. The monoisotopic (exact) mass is 214 g/mol. The molecule has 1 fully saturated rings. The van der Waals surface area contributed by atoms with Crippen molar-refractivity contribution in [3.63, 3.8) is 0 Å². The zero-order chi connectivity index (χ0) is 11.1. The highest BCUT2D eigenvalue weighted by Gasteiger charge is 2.17. The molecule has 1 aliphatic heterocycles. The summed E-state index contributed by atoms with van der Waals surface area (Å²) in [6, 6.07) is 0. The molecular weight excluding hydrogens is 188 g/mol. The number of nitrogens with zero attached hydrogens (tertiary/aromatic N) is 1. The Labute approximate surface area is 94.0 Å². The predicted octanol–water partition coefficient (Wildman–Crippen LogP) is 1.47. The summed E-state index contributed by atoms with van der Waals surface area (Å²) in [4.78, 5) is 2.51. The Balaban J connectivity index is 2.29. The van der Waals surface area contributed by atoms with Gasteiger partial charge in [-0.05, 0) is 45.2 Å². The molecule has 2 unspecified atom stereocenters. The van der Waals surface area contributed by atoms with Gasteiger partial charge in [-0.3, -0.25) is 0 Å². The van der Waals surface area contributed by atoms with E-state index in [1.54, 1.807) is 0 Å². The highest BCUT2D eigenvalue weighted by atomic mass is 16.5. The maximum Gasteiger partial charge on any atom is 0.0823 e. The lowest BCUT2D eigenvalue weighted by molar-refractivity contribution is 0.0398. The van der Waals surface area contributed by atoms with E-state index in [-0.39, 0.29) is 6.10 Å². The van der Waals surface area contributed by atoms with E-state index in [1.807, 2.05) is 6.92 Å². The van der Waals surface area contributed by atoms with Crippen LogP contribution in [-0.4, -0.2) is 43.8 Å². The molecule has 0 bridgehead atoms. The third-order valence-corrected chi connectivity index (χ3v) is 3.24. The van der Waals surface area contributed by atoms with Gasteiger partial charge in [0.05, 0.1) is 6.10 Å². The first-order valence-corrected chi connectivity index (χ1v) is 6.30. The van der Waals surface area contributed by atoms with Crippen LogP contribution in [0.3, 0.4) is 0 Å². The van der Waals surface area contributed by atoms with Crippen molar-refractivity contribution >= 4 is 0 Å². The number of hydrogen-bond acceptors (Lipinski definition) is 3. The zero-order valence-corrected chi connectivity index (χ0v) is 10.2. The first-order valence-electron chi connectivity index (χ1n) is 6.30. The summed E-state index contributed by atoms with van der Waals surface area (Å²) in [6.45, 7) is 9.24. The van der Waals surface area contributed by atoms with Crippen LogP contribution >= 0.6 is 0 Å². The van der Waals surface area contributed by atoms with Crippen molar-refractivity contribution in [1.29, 1.82) is 0 Å². The molecule has 2 atom stereocenters. The number of rotatable bonds is 5. The molecule has 0 aromatic carbocycles. The second-order valence-electron chi connectivity index (χ2n) is 4.65. The van der Waals surface area contributed by atoms with Crippen molar-refractivity contribution in [3.8, 4) is 0 Å². The molecule has 0 radical (unpaired) electrons. The van der Waals surface area contributed by atoms with Crippen LogP contribution in [0, 0.1) is 5.92 Å². The molecular formula is C12H26N2O. The molecule has 1 rings (SSSR count). The minimum Gasteiger partial charge on any atom is -0.376 e. The molecule has 1 heterocycles. The number of hydrogen-bond donors (Lipinski definition) is 1. The lowest BCUT2D eigenvalue weighted by Crippen LogP contribution is -2.38. The van der Waals surface area contributed by atoms with E-state index in [2.05, 4.69) is 11.8 Å². The molecule has 1 saturated heterocycles. The molecule has 3 heteroatoms. The molecule has 15 heavy (non-hydrogen) atoms. The van der Waals surface area contributed by atoms with Gasteiger partial charge in [0.1, 0.15) is 0 Å². The normalized spacial score (nSPS) is 26.2. The van der Waals surface area contributed by atoms with E-state index in [1.165, 1.54) is 32.4 Å². The fourth-order valence-corrected chi connectivity index (χ4v) is 2.22. The van der Waals surface area contributed by atoms with E-state index in [0.29, 0.717) is 6.54 Å². The Morgan fingerprint density at radius 3 is 2.87 bits per heavy atom. The van der Waals surface area contributed by atoms with Crippen molar-refractivity contribution in [3.05, 3.63) is 0 Å². The van der Waals surface area contributed by atoms with Gasteiger partial charge in [-0.1, -0.05) is 6.92 Å². The minimum atomic E-state index is 0.225. The summed E-state index contributed by atoms with van der Waals surface area (Å²) in [5.74, 6) is 0.887. The number of likely N-dealkylation sites (tertiary alicyclic amines) is 1. The molecule has 2 N–H and O–H groups in total. The highest BCUT2D eigenvalue weighted by molar-refractivity contribution is 4.71. The lowest BCUT2D eigenvalue weighted by Gasteiger charge is -2.25. The smallest absolute Gasteiger partial charge is 0.0823 e. The van der Waals surface area contributed by atoms with E-state index in [0.717, 1.165) is 19.1 Å². The summed E-state index contributed by atoms with van der Waals surface area (Å²) in [5, 5.41) is 0. The van der Waals surface area contributed by atoms with E-state index in [4.69, 9.17) is 10.5 Å². The summed E-state index contributed by atoms with van der Waals surface area (Å²) < 4.78 is 5.59. The van der Waals surface area contributed by atoms with Crippen molar-refractivity contribution in [2.75, 3.05) is 32.8 Å². The van der Waals surface area contributed by atoms with E-state index in [9.17, 15) is 0 Å². The largest absolute Gasteiger partial charge is 0.376 e. The van der Waals surface area contributed by atoms with Gasteiger partial charge in [0.2, 0.25) is 0 Å². The van der Waals surface area contributed by atoms with E-state index >= 15 is 0 Å². The lowest BCUT2D eigenvalue weighted by atomic mass is 10.0. The minimum absolute atomic E-state index is 0.225. The van der Waals surface area contributed by atoms with Gasteiger partial charge in [-0.25, -0.2) is 0 Å². The van der Waals surface area contributed by atoms with Crippen LogP contribution in [0.25, 0.3) is 0 Å². The second kappa shape index (κ2) is 7.20. The van der Waals surface area contributed by atoms with Gasteiger partial charge < -0.3 is 15.4 Å². The van der Waals surface area contributed by atoms with Gasteiger partial charge in [0.15, 0.2) is 0 Å². The first-order chi connectivity index (χ1) is 7.26. The molecule has 0 saturated carbocycles. The van der Waals surface area contributed by atoms with E-state index < -0.39 is 0 Å². The Morgan fingerprint density at radius 1 is 1.40 bits per heavy atom. The SMILES string of the molecule is CCOC(CN)CN1CCCC(C)CC1. The van der Waals surface area contributed by atoms with Crippen LogP contribution in [0.2, 0.25) is 0 Å². The Hall–Kier alpha value is -0.120. The molecule has 1 aliphatic rings. The number of nitrogens with two attached hydrogens (primary N) is 1. The van der Waals surface area contributed by atoms with Crippen LogP contribution < -0.4 is 5.73 Å². The average Bonchev–Trinajstić information content (AvgIpc) is 2.43. The fraction of sp³-hybridized carbons (Fsp3) is 1.00. The molecule has 0 aromatic rings. The number of ether oxygens (including phenoxy) is 1. The topological polar surface area (TPSA) is 38.5 Å². The van der Waals surface area contributed by atoms with Crippen molar-refractivity contribution < 1.29 is 4.74 Å². The fourth-order valence-electron chi connectivity index (χ4n) is 2.22. The predicted molar refractivity (Wildman–Crippen MR) is 63.9 cm³/mol.